The SMILES string of the molecule is CSc1cc(C2CCCNC2)ccc1C. The van der Waals surface area contributed by atoms with Crippen LogP contribution in [-0.2, 0) is 0 Å². The quantitative estimate of drug-likeness (QED) is 0.770. The molecule has 0 spiro atoms. The fourth-order valence-electron chi connectivity index (χ4n) is 2.23. The van der Waals surface area contributed by atoms with Gasteiger partial charge in [-0.15, -0.1) is 11.8 Å². The van der Waals surface area contributed by atoms with Crippen LogP contribution in [0.2, 0.25) is 0 Å². The summed E-state index contributed by atoms with van der Waals surface area (Å²) in [6.45, 7) is 4.53. The highest BCUT2D eigenvalue weighted by Crippen LogP contribution is 2.28. The summed E-state index contributed by atoms with van der Waals surface area (Å²) < 4.78 is 0. The Morgan fingerprint density at radius 2 is 2.27 bits per heavy atom. The zero-order valence-electron chi connectivity index (χ0n) is 9.55. The van der Waals surface area contributed by atoms with Crippen molar-refractivity contribution in [2.24, 2.45) is 0 Å². The van der Waals surface area contributed by atoms with Crippen molar-refractivity contribution in [3.63, 3.8) is 0 Å². The van der Waals surface area contributed by atoms with Gasteiger partial charge in [-0.25, -0.2) is 0 Å². The second-order valence-corrected chi connectivity index (χ2v) is 5.12. The maximum Gasteiger partial charge on any atom is 0.0101 e. The third-order valence-corrected chi connectivity index (χ3v) is 4.08. The third-order valence-electron chi connectivity index (χ3n) is 3.20. The Bertz CT molecular complexity index is 329. The molecule has 1 unspecified atom stereocenters. The van der Waals surface area contributed by atoms with Crippen LogP contribution in [0.15, 0.2) is 23.1 Å². The van der Waals surface area contributed by atoms with E-state index in [0.29, 0.717) is 0 Å². The molecule has 1 aliphatic rings. The highest BCUT2D eigenvalue weighted by atomic mass is 32.2. The molecule has 1 aromatic rings. The lowest BCUT2D eigenvalue weighted by molar-refractivity contribution is 0.461. The van der Waals surface area contributed by atoms with E-state index < -0.39 is 0 Å². The molecule has 1 N–H and O–H groups in total. The number of rotatable bonds is 2. The first-order valence-electron chi connectivity index (χ1n) is 5.66. The largest absolute Gasteiger partial charge is 0.316 e. The summed E-state index contributed by atoms with van der Waals surface area (Å²) in [6, 6.07) is 6.93. The van der Waals surface area contributed by atoms with Crippen molar-refractivity contribution >= 4 is 11.8 Å². The molecule has 1 atom stereocenters. The molecular formula is C13H19NS. The van der Waals surface area contributed by atoms with Gasteiger partial charge in [0.15, 0.2) is 0 Å². The van der Waals surface area contributed by atoms with Crippen LogP contribution in [0.3, 0.4) is 0 Å². The summed E-state index contributed by atoms with van der Waals surface area (Å²) in [7, 11) is 0. The van der Waals surface area contributed by atoms with Gasteiger partial charge in [-0.3, -0.25) is 0 Å². The summed E-state index contributed by atoms with van der Waals surface area (Å²) in [5, 5.41) is 3.48. The molecule has 0 saturated carbocycles. The molecular weight excluding hydrogens is 202 g/mol. The fourth-order valence-corrected chi connectivity index (χ4v) is 2.87. The van der Waals surface area contributed by atoms with Crippen LogP contribution in [0, 0.1) is 6.92 Å². The van der Waals surface area contributed by atoms with Crippen molar-refractivity contribution in [3.8, 4) is 0 Å². The van der Waals surface area contributed by atoms with E-state index >= 15 is 0 Å². The number of aryl methyl sites for hydroxylation is 1. The number of hydrogen-bond acceptors (Lipinski definition) is 2. The lowest BCUT2D eigenvalue weighted by Crippen LogP contribution is -2.28. The molecule has 1 aromatic carbocycles. The third kappa shape index (κ3) is 2.56. The van der Waals surface area contributed by atoms with Gasteiger partial charge in [0, 0.05) is 11.4 Å². The Morgan fingerprint density at radius 1 is 1.40 bits per heavy atom. The molecule has 82 valence electrons. The van der Waals surface area contributed by atoms with Crippen LogP contribution >= 0.6 is 11.8 Å². The van der Waals surface area contributed by atoms with Gasteiger partial charge in [-0.1, -0.05) is 12.1 Å². The molecule has 2 heteroatoms. The zero-order chi connectivity index (χ0) is 10.7. The van der Waals surface area contributed by atoms with Crippen LogP contribution in [0.25, 0.3) is 0 Å². The molecule has 1 fully saturated rings. The highest BCUT2D eigenvalue weighted by molar-refractivity contribution is 7.98. The van der Waals surface area contributed by atoms with Crippen molar-refractivity contribution in [3.05, 3.63) is 29.3 Å². The Hall–Kier alpha value is -0.470. The predicted molar refractivity (Wildman–Crippen MR) is 67.8 cm³/mol. The maximum atomic E-state index is 3.48. The summed E-state index contributed by atoms with van der Waals surface area (Å²) >= 11 is 1.85. The van der Waals surface area contributed by atoms with Gasteiger partial charge in [0.25, 0.3) is 0 Å². The van der Waals surface area contributed by atoms with E-state index in [4.69, 9.17) is 0 Å². The van der Waals surface area contributed by atoms with Crippen molar-refractivity contribution in [2.45, 2.75) is 30.6 Å². The molecule has 15 heavy (non-hydrogen) atoms. The van der Waals surface area contributed by atoms with E-state index in [1.54, 1.807) is 0 Å². The van der Waals surface area contributed by atoms with E-state index in [9.17, 15) is 0 Å². The minimum atomic E-state index is 0.727. The highest BCUT2D eigenvalue weighted by Gasteiger charge is 2.15. The first kappa shape index (κ1) is 11.0. The van der Waals surface area contributed by atoms with E-state index in [1.807, 2.05) is 11.8 Å². The topological polar surface area (TPSA) is 12.0 Å². The Morgan fingerprint density at radius 3 is 2.93 bits per heavy atom. The van der Waals surface area contributed by atoms with Crippen molar-refractivity contribution < 1.29 is 0 Å². The van der Waals surface area contributed by atoms with Gasteiger partial charge in [-0.05, 0) is 55.7 Å². The molecule has 1 aliphatic heterocycles. The predicted octanol–water partition coefficient (Wildman–Crippen LogP) is 3.18. The number of hydrogen-bond donors (Lipinski definition) is 1. The Labute approximate surface area is 96.7 Å². The Balaban J connectivity index is 2.20. The van der Waals surface area contributed by atoms with Crippen LogP contribution in [0.4, 0.5) is 0 Å². The molecule has 2 rings (SSSR count). The van der Waals surface area contributed by atoms with E-state index in [1.165, 1.54) is 35.4 Å². The summed E-state index contributed by atoms with van der Waals surface area (Å²) in [4.78, 5) is 1.43. The zero-order valence-corrected chi connectivity index (χ0v) is 10.4. The number of benzene rings is 1. The minimum absolute atomic E-state index is 0.727. The van der Waals surface area contributed by atoms with Gasteiger partial charge >= 0.3 is 0 Å². The molecule has 0 aromatic heterocycles. The van der Waals surface area contributed by atoms with Gasteiger partial charge < -0.3 is 5.32 Å². The molecule has 1 nitrogen and oxygen atoms in total. The lowest BCUT2D eigenvalue weighted by Gasteiger charge is -2.23. The molecule has 0 aliphatic carbocycles. The first-order chi connectivity index (χ1) is 7.31. The van der Waals surface area contributed by atoms with Crippen LogP contribution in [-0.4, -0.2) is 19.3 Å². The van der Waals surface area contributed by atoms with Crippen molar-refractivity contribution in [1.82, 2.24) is 5.32 Å². The normalized spacial score (nSPS) is 21.6. The minimum Gasteiger partial charge on any atom is -0.316 e. The van der Waals surface area contributed by atoms with Crippen LogP contribution in [0.1, 0.15) is 29.9 Å². The Kier molecular flexibility index (Phi) is 3.71. The molecule has 0 bridgehead atoms. The smallest absolute Gasteiger partial charge is 0.0101 e. The van der Waals surface area contributed by atoms with Gasteiger partial charge in [0.1, 0.15) is 0 Å². The standard InChI is InChI=1S/C13H19NS/c1-10-5-6-11(8-13(10)15-2)12-4-3-7-14-9-12/h5-6,8,12,14H,3-4,7,9H2,1-2H3. The fraction of sp³-hybridized carbons (Fsp3) is 0.538. The van der Waals surface area contributed by atoms with Crippen LogP contribution < -0.4 is 5.32 Å². The number of thioether (sulfide) groups is 1. The monoisotopic (exact) mass is 221 g/mol. The second-order valence-electron chi connectivity index (χ2n) is 4.27. The second kappa shape index (κ2) is 5.04. The average Bonchev–Trinajstić information content (AvgIpc) is 2.31. The van der Waals surface area contributed by atoms with Gasteiger partial charge in [-0.2, -0.15) is 0 Å². The number of nitrogens with one attached hydrogen (secondary N) is 1. The molecule has 1 heterocycles. The molecule has 1 saturated heterocycles. The van der Waals surface area contributed by atoms with Gasteiger partial charge in [0.2, 0.25) is 0 Å². The molecule has 0 radical (unpaired) electrons. The molecule has 0 amide bonds. The summed E-state index contributed by atoms with van der Waals surface area (Å²) in [5.41, 5.74) is 2.91. The van der Waals surface area contributed by atoms with E-state index in [0.717, 1.165) is 12.5 Å². The summed E-state index contributed by atoms with van der Waals surface area (Å²) in [5.74, 6) is 0.727. The van der Waals surface area contributed by atoms with Crippen molar-refractivity contribution in [1.29, 1.82) is 0 Å². The van der Waals surface area contributed by atoms with Crippen molar-refractivity contribution in [2.75, 3.05) is 19.3 Å². The van der Waals surface area contributed by atoms with Crippen LogP contribution in [0.5, 0.6) is 0 Å². The average molecular weight is 221 g/mol. The first-order valence-corrected chi connectivity index (χ1v) is 6.89. The van der Waals surface area contributed by atoms with E-state index in [2.05, 4.69) is 36.7 Å². The van der Waals surface area contributed by atoms with Gasteiger partial charge in [0.05, 0.1) is 0 Å². The summed E-state index contributed by atoms with van der Waals surface area (Å²) in [6.07, 6.45) is 4.81. The lowest BCUT2D eigenvalue weighted by atomic mass is 9.91. The van der Waals surface area contributed by atoms with E-state index in [-0.39, 0.29) is 0 Å². The number of piperidine rings is 1. The maximum absolute atomic E-state index is 3.48.